The van der Waals surface area contributed by atoms with Crippen molar-refractivity contribution in [3.05, 3.63) is 29.5 Å². The van der Waals surface area contributed by atoms with Crippen molar-refractivity contribution in [1.82, 2.24) is 19.8 Å². The van der Waals surface area contributed by atoms with E-state index >= 15 is 0 Å². The number of benzene rings is 1. The van der Waals surface area contributed by atoms with Crippen LogP contribution in [-0.4, -0.2) is 69.3 Å². The summed E-state index contributed by atoms with van der Waals surface area (Å²) in [7, 11) is 1.57. The lowest BCUT2D eigenvalue weighted by Crippen LogP contribution is -2.49. The van der Waals surface area contributed by atoms with Crippen LogP contribution in [0.1, 0.15) is 37.9 Å². The molecule has 1 aromatic heterocycles. The molecular weight excluding hydrogens is 432 g/mol. The molecule has 0 bridgehead atoms. The molecule has 172 valence electrons. The second-order valence-electron chi connectivity index (χ2n) is 8.49. The van der Waals surface area contributed by atoms with Crippen molar-refractivity contribution in [2.75, 3.05) is 13.7 Å². The summed E-state index contributed by atoms with van der Waals surface area (Å²) in [5, 5.41) is 1.31. The van der Waals surface area contributed by atoms with Crippen LogP contribution >= 0.6 is 0 Å². The highest BCUT2D eigenvalue weighted by Gasteiger charge is 2.60. The lowest BCUT2D eigenvalue weighted by atomic mass is 9.87. The smallest absolute Gasteiger partial charge is 0.355 e. The molecule has 3 aliphatic rings. The molecule has 1 aromatic carbocycles. The van der Waals surface area contributed by atoms with Gasteiger partial charge < -0.3 is 19.5 Å². The molecule has 2 saturated heterocycles. The number of hydrogen-bond donors (Lipinski definition) is 1. The first-order valence-electron chi connectivity index (χ1n) is 10.6. The molecule has 2 aromatic rings. The number of H-pyrrole nitrogens is 1. The minimum Gasteiger partial charge on any atom is -0.497 e. The Kier molecular flexibility index (Phi) is 4.49. The van der Waals surface area contributed by atoms with Gasteiger partial charge in [-0.15, -0.1) is 5.06 Å². The lowest BCUT2D eigenvalue weighted by Gasteiger charge is -2.36. The molecule has 5 rings (SSSR count). The minimum atomic E-state index is -1.34. The molecule has 1 N–H and O–H groups in total. The van der Waals surface area contributed by atoms with Gasteiger partial charge >= 0.3 is 12.0 Å². The summed E-state index contributed by atoms with van der Waals surface area (Å²) in [6.45, 7) is 3.25. The fourth-order valence-electron chi connectivity index (χ4n) is 4.84. The van der Waals surface area contributed by atoms with Gasteiger partial charge in [0.1, 0.15) is 11.8 Å². The standard InChI is InChI=1S/C22H22N4O7/c1-11(19(29)33-26-16(27)6-7-17(26)28)25-20(30)22(2)18-13(8-9-24(22)21(25)31)14-10-12(32-3)4-5-15(14)23-18/h4-5,10-11,23H,6-9H2,1-3H3/t11-,22-/m0/s1. The van der Waals surface area contributed by atoms with Crippen molar-refractivity contribution in [1.29, 1.82) is 0 Å². The number of carbonyl (C=O) groups excluding carboxylic acids is 5. The third-order valence-electron chi connectivity index (χ3n) is 6.71. The van der Waals surface area contributed by atoms with Gasteiger partial charge in [0.25, 0.3) is 17.7 Å². The second-order valence-corrected chi connectivity index (χ2v) is 8.49. The van der Waals surface area contributed by atoms with Crippen LogP contribution in [0.2, 0.25) is 0 Å². The highest BCUT2D eigenvalue weighted by atomic mass is 16.7. The molecular formula is C22H22N4O7. The number of ether oxygens (including phenoxy) is 1. The second kappa shape index (κ2) is 7.06. The number of nitrogens with zero attached hydrogens (tertiary/aromatic N) is 3. The van der Waals surface area contributed by atoms with Crippen LogP contribution in [0.25, 0.3) is 10.9 Å². The summed E-state index contributed by atoms with van der Waals surface area (Å²) < 4.78 is 5.32. The average molecular weight is 454 g/mol. The number of nitrogens with one attached hydrogen (secondary N) is 1. The van der Waals surface area contributed by atoms with Crippen LogP contribution in [0, 0.1) is 0 Å². The molecule has 0 spiro atoms. The summed E-state index contributed by atoms with van der Waals surface area (Å²) in [5.74, 6) is -2.22. The summed E-state index contributed by atoms with van der Waals surface area (Å²) in [6.07, 6.45) is 0.407. The van der Waals surface area contributed by atoms with Crippen LogP contribution in [0.15, 0.2) is 18.2 Å². The monoisotopic (exact) mass is 454 g/mol. The van der Waals surface area contributed by atoms with Crippen LogP contribution < -0.4 is 4.74 Å². The Morgan fingerprint density at radius 2 is 1.82 bits per heavy atom. The molecule has 5 amide bonds. The lowest BCUT2D eigenvalue weighted by molar-refractivity contribution is -0.200. The van der Waals surface area contributed by atoms with Crippen molar-refractivity contribution in [2.24, 2.45) is 0 Å². The van der Waals surface area contributed by atoms with E-state index < -0.39 is 41.3 Å². The van der Waals surface area contributed by atoms with Gasteiger partial charge in [0.15, 0.2) is 5.54 Å². The molecule has 3 aliphatic heterocycles. The van der Waals surface area contributed by atoms with Crippen molar-refractivity contribution in [2.45, 2.75) is 44.7 Å². The van der Waals surface area contributed by atoms with E-state index in [9.17, 15) is 24.0 Å². The number of imide groups is 2. The summed E-state index contributed by atoms with van der Waals surface area (Å²) in [6, 6.07) is 3.57. The zero-order chi connectivity index (χ0) is 23.7. The fraction of sp³-hybridized carbons (Fsp3) is 0.409. The van der Waals surface area contributed by atoms with E-state index in [0.29, 0.717) is 22.9 Å². The van der Waals surface area contributed by atoms with Gasteiger partial charge in [-0.2, -0.15) is 0 Å². The molecule has 0 unspecified atom stereocenters. The van der Waals surface area contributed by atoms with E-state index in [1.54, 1.807) is 20.1 Å². The number of amides is 5. The van der Waals surface area contributed by atoms with E-state index in [1.165, 1.54) is 11.8 Å². The predicted octanol–water partition coefficient (Wildman–Crippen LogP) is 1.21. The van der Waals surface area contributed by atoms with Gasteiger partial charge in [-0.1, -0.05) is 0 Å². The Bertz CT molecular complexity index is 1230. The number of rotatable bonds is 4. The molecule has 0 saturated carbocycles. The molecule has 4 heterocycles. The van der Waals surface area contributed by atoms with Crippen molar-refractivity contribution < 1.29 is 33.5 Å². The zero-order valence-electron chi connectivity index (χ0n) is 18.3. The van der Waals surface area contributed by atoms with Crippen molar-refractivity contribution >= 4 is 40.6 Å². The largest absolute Gasteiger partial charge is 0.497 e. The molecule has 2 fully saturated rings. The summed E-state index contributed by atoms with van der Waals surface area (Å²) >= 11 is 0. The Balaban J connectivity index is 1.49. The highest BCUT2D eigenvalue weighted by Crippen LogP contribution is 2.45. The summed E-state index contributed by atoms with van der Waals surface area (Å²) in [4.78, 5) is 73.6. The first kappa shape index (κ1) is 21.0. The zero-order valence-corrected chi connectivity index (χ0v) is 18.3. The minimum absolute atomic E-state index is 0.0537. The molecule has 0 radical (unpaired) electrons. The van der Waals surface area contributed by atoms with E-state index in [0.717, 1.165) is 21.4 Å². The number of methoxy groups -OCH3 is 1. The normalized spacial score (nSPS) is 23.3. The third kappa shape index (κ3) is 2.77. The molecule has 33 heavy (non-hydrogen) atoms. The van der Waals surface area contributed by atoms with Crippen LogP contribution in [-0.2, 0) is 36.0 Å². The maximum absolute atomic E-state index is 13.6. The maximum Gasteiger partial charge on any atom is 0.355 e. The Morgan fingerprint density at radius 3 is 2.48 bits per heavy atom. The number of hydroxylamine groups is 2. The Labute approximate surface area is 188 Å². The van der Waals surface area contributed by atoms with Crippen LogP contribution in [0.3, 0.4) is 0 Å². The fourth-order valence-corrected chi connectivity index (χ4v) is 4.84. The van der Waals surface area contributed by atoms with Gasteiger partial charge in [0, 0.05) is 30.3 Å². The van der Waals surface area contributed by atoms with Crippen LogP contribution in [0.5, 0.6) is 5.75 Å². The number of carbonyl (C=O) groups is 5. The average Bonchev–Trinajstić information content (AvgIpc) is 3.39. The molecule has 11 nitrogen and oxygen atoms in total. The van der Waals surface area contributed by atoms with Gasteiger partial charge in [-0.05, 0) is 44.0 Å². The van der Waals surface area contributed by atoms with Gasteiger partial charge in [0.05, 0.1) is 12.8 Å². The first-order chi connectivity index (χ1) is 15.7. The van der Waals surface area contributed by atoms with E-state index in [-0.39, 0.29) is 19.4 Å². The number of aromatic amines is 1. The van der Waals surface area contributed by atoms with Gasteiger partial charge in [0.2, 0.25) is 0 Å². The van der Waals surface area contributed by atoms with Crippen LogP contribution in [0.4, 0.5) is 4.79 Å². The molecule has 11 heteroatoms. The molecule has 2 atom stereocenters. The quantitative estimate of drug-likeness (QED) is 0.543. The topological polar surface area (TPSA) is 129 Å². The Hall–Kier alpha value is -3.89. The predicted molar refractivity (Wildman–Crippen MR) is 111 cm³/mol. The maximum atomic E-state index is 13.6. The van der Waals surface area contributed by atoms with Crippen molar-refractivity contribution in [3.8, 4) is 5.75 Å². The highest BCUT2D eigenvalue weighted by molar-refractivity contribution is 6.11. The van der Waals surface area contributed by atoms with Crippen molar-refractivity contribution in [3.63, 3.8) is 0 Å². The SMILES string of the molecule is COc1ccc2[nH]c3c(c2c1)CCN1C(=O)N([C@@H](C)C(=O)ON2C(=O)CCC2=O)C(=O)[C@]31C. The number of aromatic nitrogens is 1. The number of urea groups is 1. The van der Waals surface area contributed by atoms with E-state index in [1.807, 2.05) is 12.1 Å². The van der Waals surface area contributed by atoms with E-state index in [4.69, 9.17) is 9.57 Å². The van der Waals surface area contributed by atoms with Gasteiger partial charge in [-0.25, -0.2) is 14.5 Å². The van der Waals surface area contributed by atoms with E-state index in [2.05, 4.69) is 4.98 Å². The van der Waals surface area contributed by atoms with Gasteiger partial charge in [-0.3, -0.25) is 14.4 Å². The first-order valence-corrected chi connectivity index (χ1v) is 10.6. The third-order valence-corrected chi connectivity index (χ3v) is 6.71. The number of hydrogen-bond acceptors (Lipinski definition) is 7. The number of fused-ring (bicyclic) bond motifs is 5. The summed E-state index contributed by atoms with van der Waals surface area (Å²) in [5.41, 5.74) is 0.962. The Morgan fingerprint density at radius 1 is 1.12 bits per heavy atom. The molecule has 0 aliphatic carbocycles.